The maximum absolute atomic E-state index is 11.3. The summed E-state index contributed by atoms with van der Waals surface area (Å²) in [5, 5.41) is 6.40. The van der Waals surface area contributed by atoms with Crippen LogP contribution < -0.4 is 0 Å². The second-order valence-electron chi connectivity index (χ2n) is 3.83. The molecule has 110 valence electrons. The third kappa shape index (κ3) is 12.6. The van der Waals surface area contributed by atoms with Gasteiger partial charge in [-0.15, -0.1) is 0 Å². The van der Waals surface area contributed by atoms with E-state index in [1.165, 1.54) is 0 Å². The molecule has 0 aliphatic heterocycles. The average Bonchev–Trinajstić information content (AvgIpc) is 2.23. The molecule has 20 heavy (non-hydrogen) atoms. The molecule has 0 rings (SSSR count). The van der Waals surface area contributed by atoms with Crippen LogP contribution in [0.5, 0.6) is 0 Å². The van der Waals surface area contributed by atoms with Gasteiger partial charge in [0.25, 0.3) is 10.1 Å². The fraction of sp³-hybridized carbons (Fsp3) is 0.800. The second kappa shape index (κ2) is 13.5. The van der Waals surface area contributed by atoms with Gasteiger partial charge in [0.1, 0.15) is 0 Å². The second-order valence-corrected chi connectivity index (χ2v) is 5.43. The zero-order valence-corrected chi connectivity index (χ0v) is 11.0. The molecule has 7 nitrogen and oxygen atoms in total. The summed E-state index contributed by atoms with van der Waals surface area (Å²) in [6.45, 7) is 2.03. The molecule has 0 saturated carbocycles. The van der Waals surface area contributed by atoms with Gasteiger partial charge in [-0.05, 0) is 6.42 Å². The number of esters is 1. The van der Waals surface area contributed by atoms with Crippen molar-refractivity contribution in [3.63, 3.8) is 0 Å². The number of carboxylic acids is 1. The monoisotopic (exact) mass is 330 g/mol. The van der Waals surface area contributed by atoms with E-state index in [1.54, 1.807) is 0 Å². The summed E-state index contributed by atoms with van der Waals surface area (Å²) in [7, 11) is -4.76. The molecule has 0 aromatic heterocycles. The van der Waals surface area contributed by atoms with E-state index in [0.717, 1.165) is 19.3 Å². The van der Waals surface area contributed by atoms with Crippen LogP contribution in [0.15, 0.2) is 0 Å². The number of aliphatic carboxylic acids is 1. The van der Waals surface area contributed by atoms with Crippen LogP contribution in [0, 0.1) is 0 Å². The van der Waals surface area contributed by atoms with Crippen LogP contribution in [0.1, 0.15) is 39.0 Å². The first-order valence-electron chi connectivity index (χ1n) is 5.63. The Labute approximate surface area is 163 Å². The van der Waals surface area contributed by atoms with Gasteiger partial charge < -0.3 is 9.84 Å². The summed E-state index contributed by atoms with van der Waals surface area (Å²) in [5.74, 6) is -2.73. The molecule has 0 saturated heterocycles. The summed E-state index contributed by atoms with van der Waals surface area (Å²) in [4.78, 5) is 21.7. The van der Waals surface area contributed by atoms with E-state index in [1.807, 2.05) is 6.92 Å². The Morgan fingerprint density at radius 1 is 1.15 bits per heavy atom. The molecular weight excluding hydrogens is 310 g/mol. The van der Waals surface area contributed by atoms with E-state index in [-0.39, 0.29) is 65.7 Å². The Morgan fingerprint density at radius 3 is 2.10 bits per heavy atom. The zero-order chi connectivity index (χ0) is 14.2. The molecule has 1 atom stereocenters. The van der Waals surface area contributed by atoms with E-state index in [4.69, 9.17) is 9.66 Å². The van der Waals surface area contributed by atoms with E-state index in [0.29, 0.717) is 6.42 Å². The first-order chi connectivity index (χ1) is 8.29. The number of ether oxygens (including phenoxy) is 1. The molecule has 2 N–H and O–H groups in total. The summed E-state index contributed by atoms with van der Waals surface area (Å²) >= 11 is 0. The average molecular weight is 330 g/mol. The topological polar surface area (TPSA) is 118 Å². The van der Waals surface area contributed by atoms with Gasteiger partial charge in [0.15, 0.2) is 5.25 Å². The number of carboxylic acid groups (broad SMARTS) is 1. The fourth-order valence-electron chi connectivity index (χ4n) is 1.26. The summed E-state index contributed by atoms with van der Waals surface area (Å²) < 4.78 is 35.1. The van der Waals surface area contributed by atoms with Crippen LogP contribution in [-0.2, 0) is 24.4 Å². The Hall–Kier alpha value is 0.850. The summed E-state index contributed by atoms with van der Waals surface area (Å²) in [6.07, 6.45) is 2.37. The number of unbranched alkanes of at least 4 members (excludes halogenated alkanes) is 3. The molecule has 0 amide bonds. The molecule has 0 bridgehead atoms. The Balaban J connectivity index is -0.00000144. The Bertz CT molecular complexity index is 383. The predicted molar refractivity (Wildman–Crippen MR) is 77.0 cm³/mol. The molecule has 0 spiro atoms. The number of hydrogen-bond acceptors (Lipinski definition) is 5. The number of carbonyl (C=O) groups is 2. The molecule has 0 aromatic rings. The van der Waals surface area contributed by atoms with Crippen LogP contribution in [0.2, 0.25) is 0 Å². The van der Waals surface area contributed by atoms with Crippen LogP contribution in [0.4, 0.5) is 0 Å². The molecule has 0 aromatic carbocycles. The Kier molecular flexibility index (Phi) is 17.4. The van der Waals surface area contributed by atoms with E-state index in [2.05, 4.69) is 4.74 Å². The number of carbonyl (C=O) groups excluding carboxylic acids is 1. The third-order valence-electron chi connectivity index (χ3n) is 2.22. The predicted octanol–water partition coefficient (Wildman–Crippen LogP) is -0.456. The molecule has 10 heteroatoms. The van der Waals surface area contributed by atoms with Crippen molar-refractivity contribution in [2.75, 3.05) is 6.61 Å². The van der Waals surface area contributed by atoms with Crippen molar-refractivity contribution in [2.24, 2.45) is 0 Å². The van der Waals surface area contributed by atoms with Crippen LogP contribution >= 0.6 is 0 Å². The molecular formula is C10H20Na2O7S. The molecule has 0 aliphatic carbocycles. The SMILES string of the molecule is CCCCCCOC(=O)C(CC(=O)O)S(=O)(=O)O.[NaH].[NaH]. The van der Waals surface area contributed by atoms with Gasteiger partial charge in [0, 0.05) is 0 Å². The quantitative estimate of drug-likeness (QED) is 0.254. The van der Waals surface area contributed by atoms with Crippen LogP contribution in [-0.4, -0.2) is 101 Å². The van der Waals surface area contributed by atoms with Crippen molar-refractivity contribution < 1.29 is 32.4 Å². The standard InChI is InChI=1S/C10H18O7S.2Na.2H/c1-2-3-4-5-6-17-10(13)8(7-9(11)12)18(14,15)16;;;;/h8H,2-7H2,1H3,(H,11,12)(H,14,15,16);;;;. The third-order valence-corrected chi connectivity index (χ3v) is 3.30. The van der Waals surface area contributed by atoms with Gasteiger partial charge >= 0.3 is 71.1 Å². The zero-order valence-electron chi connectivity index (χ0n) is 10.2. The van der Waals surface area contributed by atoms with Gasteiger partial charge in [-0.3, -0.25) is 14.1 Å². The minimum absolute atomic E-state index is 0. The van der Waals surface area contributed by atoms with Gasteiger partial charge in [-0.2, -0.15) is 8.42 Å². The van der Waals surface area contributed by atoms with Gasteiger partial charge in [0.05, 0.1) is 13.0 Å². The van der Waals surface area contributed by atoms with Crippen molar-refractivity contribution in [3.05, 3.63) is 0 Å². The molecule has 1 unspecified atom stereocenters. The molecule has 0 fully saturated rings. The minimum atomic E-state index is -4.76. The van der Waals surface area contributed by atoms with Crippen molar-refractivity contribution in [1.29, 1.82) is 0 Å². The van der Waals surface area contributed by atoms with Crippen molar-refractivity contribution in [1.82, 2.24) is 0 Å². The number of rotatable bonds is 9. The van der Waals surface area contributed by atoms with E-state index < -0.39 is 33.7 Å². The van der Waals surface area contributed by atoms with Gasteiger partial charge in [-0.25, -0.2) is 0 Å². The van der Waals surface area contributed by atoms with Crippen LogP contribution in [0.25, 0.3) is 0 Å². The first-order valence-corrected chi connectivity index (χ1v) is 7.14. The maximum atomic E-state index is 11.3. The Morgan fingerprint density at radius 2 is 1.70 bits per heavy atom. The summed E-state index contributed by atoms with van der Waals surface area (Å²) in [5.41, 5.74) is 0. The van der Waals surface area contributed by atoms with Crippen molar-refractivity contribution in [3.8, 4) is 0 Å². The summed E-state index contributed by atoms with van der Waals surface area (Å²) in [6, 6.07) is 0. The first kappa shape index (κ1) is 25.8. The molecule has 0 heterocycles. The molecule has 0 aliphatic rings. The van der Waals surface area contributed by atoms with Gasteiger partial charge in [-0.1, -0.05) is 26.2 Å². The molecule has 0 radical (unpaired) electrons. The number of hydrogen-bond donors (Lipinski definition) is 2. The van der Waals surface area contributed by atoms with Crippen molar-refractivity contribution in [2.45, 2.75) is 44.3 Å². The normalized spacial score (nSPS) is 11.7. The van der Waals surface area contributed by atoms with E-state index >= 15 is 0 Å². The van der Waals surface area contributed by atoms with Crippen LogP contribution in [0.3, 0.4) is 0 Å². The van der Waals surface area contributed by atoms with E-state index in [9.17, 15) is 18.0 Å². The fourth-order valence-corrected chi connectivity index (χ4v) is 1.93. The van der Waals surface area contributed by atoms with Crippen molar-refractivity contribution >= 4 is 81.2 Å². The van der Waals surface area contributed by atoms with Gasteiger partial charge in [0.2, 0.25) is 0 Å².